The topological polar surface area (TPSA) is 46.9 Å². The maximum absolute atomic E-state index is 12.8. The highest BCUT2D eigenvalue weighted by Crippen LogP contribution is 2.14. The van der Waals surface area contributed by atoms with Crippen molar-refractivity contribution in [3.05, 3.63) is 53.1 Å². The van der Waals surface area contributed by atoms with Crippen LogP contribution in [0.2, 0.25) is 0 Å². The van der Waals surface area contributed by atoms with Crippen LogP contribution in [-0.4, -0.2) is 28.0 Å². The Morgan fingerprint density at radius 1 is 1.33 bits per heavy atom. The van der Waals surface area contributed by atoms with Crippen molar-refractivity contribution in [2.45, 2.75) is 39.0 Å². The first-order valence-electron chi connectivity index (χ1n) is 8.07. The van der Waals surface area contributed by atoms with Crippen molar-refractivity contribution in [2.24, 2.45) is 0 Å². The molecule has 1 atom stereocenters. The van der Waals surface area contributed by atoms with E-state index in [2.05, 4.69) is 10.4 Å². The molecular weight excluding hydrogens is 325 g/mol. The highest BCUT2D eigenvalue weighted by atomic mass is 32.2. The molecule has 0 aliphatic rings. The number of carbonyl (C=O) groups excluding carboxylic acids is 1. The van der Waals surface area contributed by atoms with Gasteiger partial charge in [0.1, 0.15) is 5.82 Å². The monoisotopic (exact) mass is 349 g/mol. The summed E-state index contributed by atoms with van der Waals surface area (Å²) in [5.74, 6) is 1.36. The normalized spacial score (nSPS) is 12.2. The summed E-state index contributed by atoms with van der Waals surface area (Å²) in [7, 11) is 0. The Labute approximate surface area is 146 Å². The minimum atomic E-state index is -0.222. The summed E-state index contributed by atoms with van der Waals surface area (Å²) >= 11 is 1.68. The SMILES string of the molecule is Cc1cc(C)n([C@@H](C)CNC(=O)CCSCc2ccc(F)cc2)n1. The van der Waals surface area contributed by atoms with E-state index in [1.165, 1.54) is 12.1 Å². The number of rotatable bonds is 8. The zero-order valence-corrected chi connectivity index (χ0v) is 15.2. The number of aryl methyl sites for hydroxylation is 2. The molecule has 0 aliphatic heterocycles. The molecule has 0 unspecified atom stereocenters. The van der Waals surface area contributed by atoms with E-state index in [0.717, 1.165) is 28.5 Å². The van der Waals surface area contributed by atoms with Gasteiger partial charge >= 0.3 is 0 Å². The van der Waals surface area contributed by atoms with E-state index >= 15 is 0 Å². The van der Waals surface area contributed by atoms with Gasteiger partial charge in [-0.2, -0.15) is 16.9 Å². The number of amides is 1. The van der Waals surface area contributed by atoms with Crippen LogP contribution in [0.25, 0.3) is 0 Å². The van der Waals surface area contributed by atoms with Gasteiger partial charge < -0.3 is 5.32 Å². The average molecular weight is 349 g/mol. The van der Waals surface area contributed by atoms with Crippen LogP contribution >= 0.6 is 11.8 Å². The molecule has 24 heavy (non-hydrogen) atoms. The third kappa shape index (κ3) is 5.67. The van der Waals surface area contributed by atoms with Gasteiger partial charge in [-0.1, -0.05) is 12.1 Å². The molecule has 2 rings (SSSR count). The fourth-order valence-corrected chi connectivity index (χ4v) is 3.37. The van der Waals surface area contributed by atoms with Crippen LogP contribution in [0.4, 0.5) is 4.39 Å². The molecule has 1 N–H and O–H groups in total. The number of hydrogen-bond acceptors (Lipinski definition) is 3. The Balaban J connectivity index is 1.64. The van der Waals surface area contributed by atoms with E-state index in [9.17, 15) is 9.18 Å². The Morgan fingerprint density at radius 2 is 2.04 bits per heavy atom. The quantitative estimate of drug-likeness (QED) is 0.740. The zero-order chi connectivity index (χ0) is 17.5. The molecule has 0 spiro atoms. The van der Waals surface area contributed by atoms with Crippen molar-refractivity contribution in [1.29, 1.82) is 0 Å². The lowest BCUT2D eigenvalue weighted by Gasteiger charge is -2.15. The third-order valence-electron chi connectivity index (χ3n) is 3.71. The van der Waals surface area contributed by atoms with E-state index in [4.69, 9.17) is 0 Å². The molecule has 6 heteroatoms. The van der Waals surface area contributed by atoms with Crippen molar-refractivity contribution >= 4 is 17.7 Å². The number of aromatic nitrogens is 2. The zero-order valence-electron chi connectivity index (χ0n) is 14.4. The van der Waals surface area contributed by atoms with E-state index in [1.807, 2.05) is 31.5 Å². The first kappa shape index (κ1) is 18.5. The average Bonchev–Trinajstić information content (AvgIpc) is 2.89. The lowest BCUT2D eigenvalue weighted by atomic mass is 10.2. The summed E-state index contributed by atoms with van der Waals surface area (Å²) in [6, 6.07) is 8.64. The second-order valence-corrected chi connectivity index (χ2v) is 7.06. The number of nitrogens with one attached hydrogen (secondary N) is 1. The molecular formula is C18H24FN3OS. The van der Waals surface area contributed by atoms with Gasteiger partial charge in [0, 0.05) is 30.2 Å². The molecule has 4 nitrogen and oxygen atoms in total. The summed E-state index contributed by atoms with van der Waals surface area (Å²) in [6.45, 7) is 6.60. The Morgan fingerprint density at radius 3 is 2.67 bits per heavy atom. The van der Waals surface area contributed by atoms with E-state index in [-0.39, 0.29) is 17.8 Å². The highest BCUT2D eigenvalue weighted by molar-refractivity contribution is 7.98. The van der Waals surface area contributed by atoms with Crippen LogP contribution in [0.15, 0.2) is 30.3 Å². The first-order chi connectivity index (χ1) is 11.5. The fraction of sp³-hybridized carbons (Fsp3) is 0.444. The van der Waals surface area contributed by atoms with Gasteiger partial charge in [0.05, 0.1) is 11.7 Å². The second kappa shape index (κ2) is 8.87. The molecule has 1 aromatic carbocycles. The second-order valence-electron chi connectivity index (χ2n) is 5.95. The summed E-state index contributed by atoms with van der Waals surface area (Å²) in [6.07, 6.45) is 0.482. The molecule has 0 radical (unpaired) electrons. The fourth-order valence-electron chi connectivity index (χ4n) is 2.46. The van der Waals surface area contributed by atoms with Crippen molar-refractivity contribution in [1.82, 2.24) is 15.1 Å². The lowest BCUT2D eigenvalue weighted by molar-refractivity contribution is -0.120. The summed E-state index contributed by atoms with van der Waals surface area (Å²) < 4.78 is 14.8. The standard InChI is InChI=1S/C18H24FN3OS/c1-13-10-14(2)22(21-13)15(3)11-20-18(23)8-9-24-12-16-4-6-17(19)7-5-16/h4-7,10,15H,8-9,11-12H2,1-3H3,(H,20,23)/t15-/m0/s1. The lowest BCUT2D eigenvalue weighted by Crippen LogP contribution is -2.30. The van der Waals surface area contributed by atoms with Crippen LogP contribution in [0, 0.1) is 19.7 Å². The van der Waals surface area contributed by atoms with Crippen LogP contribution in [0.3, 0.4) is 0 Å². The molecule has 0 saturated heterocycles. The van der Waals surface area contributed by atoms with Gasteiger partial charge in [0.25, 0.3) is 0 Å². The molecule has 130 valence electrons. The number of thioether (sulfide) groups is 1. The third-order valence-corrected chi connectivity index (χ3v) is 4.74. The minimum absolute atomic E-state index is 0.0509. The Bertz CT molecular complexity index is 669. The maximum Gasteiger partial charge on any atom is 0.220 e. The predicted molar refractivity (Wildman–Crippen MR) is 96.6 cm³/mol. The van der Waals surface area contributed by atoms with Crippen LogP contribution < -0.4 is 5.32 Å². The molecule has 1 heterocycles. The summed E-state index contributed by atoms with van der Waals surface area (Å²) in [4.78, 5) is 11.9. The van der Waals surface area contributed by atoms with Crippen molar-refractivity contribution in [2.75, 3.05) is 12.3 Å². The number of nitrogens with zero attached hydrogens (tertiary/aromatic N) is 2. The molecule has 0 saturated carbocycles. The van der Waals surface area contributed by atoms with Crippen LogP contribution in [-0.2, 0) is 10.5 Å². The molecule has 2 aromatic rings. The number of halogens is 1. The summed E-state index contributed by atoms with van der Waals surface area (Å²) in [5, 5.41) is 7.40. The van der Waals surface area contributed by atoms with Gasteiger partial charge in [0.15, 0.2) is 0 Å². The van der Waals surface area contributed by atoms with E-state index in [1.54, 1.807) is 23.9 Å². The van der Waals surface area contributed by atoms with Crippen LogP contribution in [0.5, 0.6) is 0 Å². The smallest absolute Gasteiger partial charge is 0.220 e. The highest BCUT2D eigenvalue weighted by Gasteiger charge is 2.10. The minimum Gasteiger partial charge on any atom is -0.354 e. The van der Waals surface area contributed by atoms with Gasteiger partial charge in [-0.25, -0.2) is 4.39 Å². The van der Waals surface area contributed by atoms with Gasteiger partial charge in [-0.3, -0.25) is 9.48 Å². The molecule has 1 amide bonds. The molecule has 1 aromatic heterocycles. The number of hydrogen-bond donors (Lipinski definition) is 1. The molecule has 0 bridgehead atoms. The van der Waals surface area contributed by atoms with Crippen molar-refractivity contribution < 1.29 is 9.18 Å². The largest absolute Gasteiger partial charge is 0.354 e. The first-order valence-corrected chi connectivity index (χ1v) is 9.23. The molecule has 0 fully saturated rings. The predicted octanol–water partition coefficient (Wildman–Crippen LogP) is 3.64. The van der Waals surface area contributed by atoms with Gasteiger partial charge in [-0.05, 0) is 44.5 Å². The van der Waals surface area contributed by atoms with Crippen LogP contribution in [0.1, 0.15) is 36.3 Å². The number of carbonyl (C=O) groups is 1. The Hall–Kier alpha value is -1.82. The molecule has 0 aliphatic carbocycles. The van der Waals surface area contributed by atoms with Crippen molar-refractivity contribution in [3.8, 4) is 0 Å². The summed E-state index contributed by atoms with van der Waals surface area (Å²) in [5.41, 5.74) is 3.16. The Kier molecular flexibility index (Phi) is 6.85. The van der Waals surface area contributed by atoms with Gasteiger partial charge in [0.2, 0.25) is 5.91 Å². The van der Waals surface area contributed by atoms with Crippen molar-refractivity contribution in [3.63, 3.8) is 0 Å². The van der Waals surface area contributed by atoms with E-state index in [0.29, 0.717) is 13.0 Å². The van der Waals surface area contributed by atoms with E-state index < -0.39 is 0 Å². The van der Waals surface area contributed by atoms with Gasteiger partial charge in [-0.15, -0.1) is 0 Å². The maximum atomic E-state index is 12.8. The number of benzene rings is 1.